The molecule has 3 aromatic rings. The first kappa shape index (κ1) is 20.7. The van der Waals surface area contributed by atoms with E-state index in [4.69, 9.17) is 4.74 Å². The number of methoxy groups -OCH3 is 1. The van der Waals surface area contributed by atoms with Crippen LogP contribution < -0.4 is 9.47 Å². The van der Waals surface area contributed by atoms with Crippen LogP contribution in [0, 0.1) is 6.92 Å². The summed E-state index contributed by atoms with van der Waals surface area (Å²) < 4.78 is 34.5. The first-order chi connectivity index (χ1) is 13.9. The molecule has 0 aliphatic heterocycles. The summed E-state index contributed by atoms with van der Waals surface area (Å²) in [5.41, 5.74) is 2.05. The number of hydrogen-bond acceptors (Lipinski definition) is 6. The number of alkyl halides is 2. The summed E-state index contributed by atoms with van der Waals surface area (Å²) in [6, 6.07) is 10.1. The van der Waals surface area contributed by atoms with Crippen LogP contribution in [-0.2, 0) is 6.54 Å². The second kappa shape index (κ2) is 8.95. The second-order valence-electron chi connectivity index (χ2n) is 6.17. The van der Waals surface area contributed by atoms with Crippen LogP contribution in [0.25, 0.3) is 10.7 Å². The number of carbonyl (C=O) groups is 1. The van der Waals surface area contributed by atoms with Crippen molar-refractivity contribution in [2.45, 2.75) is 20.1 Å². The van der Waals surface area contributed by atoms with Gasteiger partial charge in [-0.3, -0.25) is 9.78 Å². The molecule has 2 aromatic heterocycles. The minimum atomic E-state index is -2.94. The highest BCUT2D eigenvalue weighted by Gasteiger charge is 2.21. The van der Waals surface area contributed by atoms with Crippen LogP contribution >= 0.6 is 11.3 Å². The topological polar surface area (TPSA) is 64.5 Å². The monoisotopic (exact) mass is 419 g/mol. The van der Waals surface area contributed by atoms with E-state index in [2.05, 4.69) is 14.7 Å². The molecule has 6 nitrogen and oxygen atoms in total. The predicted molar refractivity (Wildman–Crippen MR) is 106 cm³/mol. The van der Waals surface area contributed by atoms with Crippen molar-refractivity contribution in [1.29, 1.82) is 0 Å². The lowest BCUT2D eigenvalue weighted by atomic mass is 10.2. The van der Waals surface area contributed by atoms with Gasteiger partial charge in [0.15, 0.2) is 11.5 Å². The van der Waals surface area contributed by atoms with Crippen molar-refractivity contribution in [3.05, 3.63) is 58.7 Å². The van der Waals surface area contributed by atoms with Crippen molar-refractivity contribution in [2.75, 3.05) is 14.2 Å². The lowest BCUT2D eigenvalue weighted by Crippen LogP contribution is -2.26. The summed E-state index contributed by atoms with van der Waals surface area (Å²) in [4.78, 5) is 23.7. The van der Waals surface area contributed by atoms with Crippen molar-refractivity contribution in [3.63, 3.8) is 0 Å². The van der Waals surface area contributed by atoms with Gasteiger partial charge in [-0.1, -0.05) is 12.1 Å². The first-order valence-corrected chi connectivity index (χ1v) is 9.46. The summed E-state index contributed by atoms with van der Waals surface area (Å²) in [6.45, 7) is -0.897. The molecular weight excluding hydrogens is 400 g/mol. The average Bonchev–Trinajstić information content (AvgIpc) is 3.10. The molecule has 29 heavy (non-hydrogen) atoms. The van der Waals surface area contributed by atoms with Gasteiger partial charge in [-0.05, 0) is 36.8 Å². The van der Waals surface area contributed by atoms with E-state index in [1.54, 1.807) is 32.3 Å². The smallest absolute Gasteiger partial charge is 0.387 e. The molecule has 152 valence electrons. The fraction of sp³-hybridized carbons (Fsp3) is 0.250. The third kappa shape index (κ3) is 4.86. The van der Waals surface area contributed by atoms with Crippen molar-refractivity contribution >= 4 is 17.2 Å². The molecule has 0 spiro atoms. The number of hydrogen-bond donors (Lipinski definition) is 0. The van der Waals surface area contributed by atoms with Gasteiger partial charge >= 0.3 is 6.61 Å². The maximum Gasteiger partial charge on any atom is 0.387 e. The Morgan fingerprint density at radius 1 is 1.24 bits per heavy atom. The number of halogens is 2. The molecule has 0 N–H and O–H groups in total. The van der Waals surface area contributed by atoms with Crippen molar-refractivity contribution in [2.24, 2.45) is 0 Å². The Labute approximate surface area is 170 Å². The quantitative estimate of drug-likeness (QED) is 0.568. The molecule has 1 amide bonds. The van der Waals surface area contributed by atoms with Gasteiger partial charge in [0, 0.05) is 19.8 Å². The molecule has 0 aliphatic carbocycles. The van der Waals surface area contributed by atoms with E-state index < -0.39 is 6.61 Å². The summed E-state index contributed by atoms with van der Waals surface area (Å²) in [5.74, 6) is -0.0670. The molecule has 3 rings (SSSR count). The number of benzene rings is 1. The fourth-order valence-corrected chi connectivity index (χ4v) is 3.75. The number of amides is 1. The molecule has 0 fully saturated rings. The number of aryl methyl sites for hydroxylation is 1. The Balaban J connectivity index is 1.77. The van der Waals surface area contributed by atoms with Crippen LogP contribution in [0.2, 0.25) is 0 Å². The maximum absolute atomic E-state index is 12.9. The Bertz CT molecular complexity index is 996. The lowest BCUT2D eigenvalue weighted by molar-refractivity contribution is -0.0512. The summed E-state index contributed by atoms with van der Waals surface area (Å²) in [7, 11) is 3.03. The van der Waals surface area contributed by atoms with Crippen LogP contribution in [0.4, 0.5) is 8.78 Å². The maximum atomic E-state index is 12.9. The highest BCUT2D eigenvalue weighted by Crippen LogP contribution is 2.31. The van der Waals surface area contributed by atoms with E-state index in [0.717, 1.165) is 0 Å². The number of thiazole rings is 1. The molecular formula is C20H19F2N3O3S. The van der Waals surface area contributed by atoms with Gasteiger partial charge in [-0.2, -0.15) is 8.78 Å². The molecule has 1 aromatic carbocycles. The fourth-order valence-electron chi connectivity index (χ4n) is 2.72. The number of ether oxygens (including phenoxy) is 2. The minimum absolute atomic E-state index is 0.0569. The largest absolute Gasteiger partial charge is 0.493 e. The minimum Gasteiger partial charge on any atom is -0.493 e. The zero-order valence-corrected chi connectivity index (χ0v) is 16.9. The molecule has 0 saturated heterocycles. The molecule has 0 radical (unpaired) electrons. The third-order valence-electron chi connectivity index (χ3n) is 4.09. The van der Waals surface area contributed by atoms with Gasteiger partial charge in [0.1, 0.15) is 9.88 Å². The molecule has 0 bridgehead atoms. The van der Waals surface area contributed by atoms with Crippen LogP contribution in [0.5, 0.6) is 11.5 Å². The van der Waals surface area contributed by atoms with Gasteiger partial charge < -0.3 is 14.4 Å². The van der Waals surface area contributed by atoms with Crippen molar-refractivity contribution in [1.82, 2.24) is 14.9 Å². The van der Waals surface area contributed by atoms with E-state index in [0.29, 0.717) is 26.8 Å². The Morgan fingerprint density at radius 2 is 2.03 bits per heavy atom. The summed E-state index contributed by atoms with van der Waals surface area (Å²) in [6.07, 6.45) is 1.68. The van der Waals surface area contributed by atoms with Gasteiger partial charge in [0.05, 0.1) is 18.5 Å². The normalized spacial score (nSPS) is 10.8. The average molecular weight is 419 g/mol. The molecule has 2 heterocycles. The van der Waals surface area contributed by atoms with E-state index in [-0.39, 0.29) is 24.0 Å². The Morgan fingerprint density at radius 3 is 2.69 bits per heavy atom. The van der Waals surface area contributed by atoms with Crippen LogP contribution in [0.3, 0.4) is 0 Å². The van der Waals surface area contributed by atoms with Crippen molar-refractivity contribution < 1.29 is 23.0 Å². The zero-order valence-electron chi connectivity index (χ0n) is 16.1. The van der Waals surface area contributed by atoms with Crippen molar-refractivity contribution in [3.8, 4) is 22.2 Å². The lowest BCUT2D eigenvalue weighted by Gasteiger charge is -2.18. The third-order valence-corrected chi connectivity index (χ3v) is 5.25. The van der Waals surface area contributed by atoms with E-state index in [1.165, 1.54) is 29.4 Å². The Kier molecular flexibility index (Phi) is 6.38. The zero-order chi connectivity index (χ0) is 21.0. The number of nitrogens with zero attached hydrogens (tertiary/aromatic N) is 3. The van der Waals surface area contributed by atoms with Crippen LogP contribution in [-0.4, -0.2) is 41.5 Å². The van der Waals surface area contributed by atoms with Crippen LogP contribution in [0.1, 0.15) is 20.9 Å². The standard InChI is InChI=1S/C20H19F2N3O3S/c1-12-17(29-18(24-12)14-6-4-5-9-23-14)19(26)25(2)11-13-7-8-15(28-20(21)22)16(10-13)27-3/h4-10,20H,11H2,1-3H3. The van der Waals surface area contributed by atoms with Gasteiger partial charge in [0.2, 0.25) is 0 Å². The number of rotatable bonds is 7. The number of aromatic nitrogens is 2. The molecule has 0 atom stereocenters. The van der Waals surface area contributed by atoms with E-state index >= 15 is 0 Å². The van der Waals surface area contributed by atoms with E-state index in [1.807, 2.05) is 18.2 Å². The predicted octanol–water partition coefficient (Wildman–Crippen LogP) is 4.40. The summed E-state index contributed by atoms with van der Waals surface area (Å²) >= 11 is 1.28. The number of carbonyl (C=O) groups excluding carboxylic acids is 1. The highest BCUT2D eigenvalue weighted by atomic mass is 32.1. The SMILES string of the molecule is COc1cc(CN(C)C(=O)c2sc(-c3ccccn3)nc2C)ccc1OC(F)F. The molecule has 0 unspecified atom stereocenters. The van der Waals surface area contributed by atoms with E-state index in [9.17, 15) is 13.6 Å². The van der Waals surface area contributed by atoms with Gasteiger partial charge in [-0.15, -0.1) is 11.3 Å². The first-order valence-electron chi connectivity index (χ1n) is 8.65. The highest BCUT2D eigenvalue weighted by molar-refractivity contribution is 7.17. The van der Waals surface area contributed by atoms with Gasteiger partial charge in [-0.25, -0.2) is 4.98 Å². The Hall–Kier alpha value is -3.07. The number of pyridine rings is 1. The van der Waals surface area contributed by atoms with Crippen LogP contribution in [0.15, 0.2) is 42.6 Å². The molecule has 0 saturated carbocycles. The molecule has 9 heteroatoms. The summed E-state index contributed by atoms with van der Waals surface area (Å²) in [5, 5.41) is 0.676. The van der Waals surface area contributed by atoms with Gasteiger partial charge in [0.25, 0.3) is 5.91 Å². The second-order valence-corrected chi connectivity index (χ2v) is 7.17. The molecule has 0 aliphatic rings.